The minimum Gasteiger partial charge on any atom is -0.481 e. The van der Waals surface area contributed by atoms with E-state index >= 15 is 0 Å². The van der Waals surface area contributed by atoms with Crippen molar-refractivity contribution in [3.63, 3.8) is 0 Å². The van der Waals surface area contributed by atoms with Gasteiger partial charge in [-0.2, -0.15) is 0 Å². The van der Waals surface area contributed by atoms with E-state index < -0.39 is 22.8 Å². The zero-order valence-electron chi connectivity index (χ0n) is 19.6. The number of carbonyl (C=O) groups excluding carboxylic acids is 1. The second kappa shape index (κ2) is 10.1. The van der Waals surface area contributed by atoms with Crippen LogP contribution in [0.2, 0.25) is 0 Å². The first-order chi connectivity index (χ1) is 14.8. The molecule has 0 amide bonds. The van der Waals surface area contributed by atoms with Gasteiger partial charge in [-0.1, -0.05) is 55.5 Å². The number of hydrogen-bond donors (Lipinski definition) is 2. The van der Waals surface area contributed by atoms with E-state index in [1.165, 1.54) is 0 Å². The molecule has 0 aliphatic rings. The second-order valence-corrected chi connectivity index (χ2v) is 9.94. The van der Waals surface area contributed by atoms with Crippen molar-refractivity contribution in [2.75, 3.05) is 0 Å². The lowest BCUT2D eigenvalue weighted by atomic mass is 9.77. The predicted octanol–water partition coefficient (Wildman–Crippen LogP) is 4.98. The minimum atomic E-state index is -1.02. The Bertz CT molecular complexity index is 991. The lowest BCUT2D eigenvalue weighted by Crippen LogP contribution is -2.32. The molecule has 2 aromatic rings. The molecular formula is C27H34O5. The highest BCUT2D eigenvalue weighted by molar-refractivity contribution is 5.78. The number of carbonyl (C=O) groups is 3. The van der Waals surface area contributed by atoms with Crippen LogP contribution in [-0.4, -0.2) is 27.9 Å². The Morgan fingerprint density at radius 2 is 1.22 bits per heavy atom. The molecule has 0 saturated carbocycles. The molecule has 0 aliphatic heterocycles. The Balaban J connectivity index is 2.23. The van der Waals surface area contributed by atoms with Crippen molar-refractivity contribution in [1.29, 1.82) is 0 Å². The zero-order valence-corrected chi connectivity index (χ0v) is 19.6. The molecule has 0 aromatic heterocycles. The maximum absolute atomic E-state index is 12.3. The molecule has 0 aliphatic carbocycles. The zero-order chi connectivity index (χ0) is 24.1. The van der Waals surface area contributed by atoms with Crippen LogP contribution in [0.25, 0.3) is 0 Å². The monoisotopic (exact) mass is 438 g/mol. The topological polar surface area (TPSA) is 91.7 Å². The normalized spacial score (nSPS) is 14.4. The van der Waals surface area contributed by atoms with Crippen LogP contribution in [0.15, 0.2) is 48.5 Å². The van der Waals surface area contributed by atoms with Gasteiger partial charge in [0.25, 0.3) is 0 Å². The summed E-state index contributed by atoms with van der Waals surface area (Å²) in [5.74, 6) is -1.68. The largest absolute Gasteiger partial charge is 0.481 e. The highest BCUT2D eigenvalue weighted by atomic mass is 16.4. The van der Waals surface area contributed by atoms with Crippen LogP contribution >= 0.6 is 0 Å². The average Bonchev–Trinajstić information content (AvgIpc) is 2.67. The molecule has 2 unspecified atom stereocenters. The van der Waals surface area contributed by atoms with Gasteiger partial charge in [-0.15, -0.1) is 0 Å². The molecule has 5 heteroatoms. The van der Waals surface area contributed by atoms with E-state index in [0.717, 1.165) is 22.3 Å². The molecule has 0 radical (unpaired) electrons. The first kappa shape index (κ1) is 25.3. The van der Waals surface area contributed by atoms with Gasteiger partial charge in [0.05, 0.1) is 10.8 Å². The number of aliphatic carboxylic acids is 2. The number of ketones is 1. The lowest BCUT2D eigenvalue weighted by Gasteiger charge is -2.26. The SMILES string of the molecule is CC(=O)C(C)Cc1cccc(CC(C)(Cc2cccc(CC(C)(C)C(=O)O)c2)C(=O)O)c1. The Labute approximate surface area is 190 Å². The molecule has 0 spiro atoms. The fourth-order valence-corrected chi connectivity index (χ4v) is 3.91. The van der Waals surface area contributed by atoms with E-state index in [2.05, 4.69) is 0 Å². The first-order valence-corrected chi connectivity index (χ1v) is 11.0. The molecular weight excluding hydrogens is 404 g/mol. The molecule has 2 aromatic carbocycles. The molecule has 172 valence electrons. The fourth-order valence-electron chi connectivity index (χ4n) is 3.91. The van der Waals surface area contributed by atoms with Crippen molar-refractivity contribution in [2.24, 2.45) is 16.7 Å². The highest BCUT2D eigenvalue weighted by Crippen LogP contribution is 2.30. The van der Waals surface area contributed by atoms with Gasteiger partial charge in [0.1, 0.15) is 5.78 Å². The van der Waals surface area contributed by atoms with Gasteiger partial charge in [-0.25, -0.2) is 0 Å². The molecule has 0 heterocycles. The van der Waals surface area contributed by atoms with Gasteiger partial charge in [0.2, 0.25) is 0 Å². The summed E-state index contributed by atoms with van der Waals surface area (Å²) in [5.41, 5.74) is 1.78. The summed E-state index contributed by atoms with van der Waals surface area (Å²) in [6.07, 6.45) is 1.69. The van der Waals surface area contributed by atoms with Gasteiger partial charge in [0, 0.05) is 5.92 Å². The number of hydrogen-bond acceptors (Lipinski definition) is 3. The summed E-state index contributed by atoms with van der Waals surface area (Å²) in [6.45, 7) is 8.59. The van der Waals surface area contributed by atoms with Crippen molar-refractivity contribution in [1.82, 2.24) is 0 Å². The van der Waals surface area contributed by atoms with E-state index in [1.807, 2.05) is 55.5 Å². The Morgan fingerprint density at radius 3 is 1.66 bits per heavy atom. The molecule has 2 atom stereocenters. The van der Waals surface area contributed by atoms with Crippen LogP contribution in [0.3, 0.4) is 0 Å². The van der Waals surface area contributed by atoms with Crippen molar-refractivity contribution >= 4 is 17.7 Å². The maximum atomic E-state index is 12.3. The van der Waals surface area contributed by atoms with E-state index in [4.69, 9.17) is 0 Å². The van der Waals surface area contributed by atoms with Crippen LogP contribution in [0, 0.1) is 16.7 Å². The lowest BCUT2D eigenvalue weighted by molar-refractivity contribution is -0.148. The summed E-state index contributed by atoms with van der Waals surface area (Å²) in [7, 11) is 0. The van der Waals surface area contributed by atoms with Gasteiger partial charge in [-0.05, 0) is 75.6 Å². The number of carboxylic acids is 2. The third-order valence-corrected chi connectivity index (χ3v) is 6.15. The minimum absolute atomic E-state index is 0.0751. The van der Waals surface area contributed by atoms with Gasteiger partial charge in [0.15, 0.2) is 0 Å². The Morgan fingerprint density at radius 1 is 0.781 bits per heavy atom. The number of carboxylic acid groups (broad SMARTS) is 2. The van der Waals surface area contributed by atoms with Gasteiger partial charge < -0.3 is 10.2 Å². The van der Waals surface area contributed by atoms with E-state index in [9.17, 15) is 24.6 Å². The van der Waals surface area contributed by atoms with Crippen molar-refractivity contribution in [3.05, 3.63) is 70.8 Å². The fraction of sp³-hybridized carbons (Fsp3) is 0.444. The summed E-state index contributed by atoms with van der Waals surface area (Å²) < 4.78 is 0. The molecule has 0 fully saturated rings. The molecule has 5 nitrogen and oxygen atoms in total. The van der Waals surface area contributed by atoms with E-state index in [1.54, 1.807) is 27.7 Å². The van der Waals surface area contributed by atoms with E-state index in [0.29, 0.717) is 25.7 Å². The first-order valence-electron chi connectivity index (χ1n) is 11.0. The van der Waals surface area contributed by atoms with Crippen LogP contribution in [0.4, 0.5) is 0 Å². The summed E-state index contributed by atoms with van der Waals surface area (Å²) in [5, 5.41) is 19.5. The quantitative estimate of drug-likeness (QED) is 0.516. The van der Waals surface area contributed by atoms with Crippen LogP contribution in [0.5, 0.6) is 0 Å². The highest BCUT2D eigenvalue weighted by Gasteiger charge is 2.34. The standard InChI is InChI=1S/C27H34O5/c1-18(19(2)28)12-20-8-6-10-22(13-20)16-27(5,25(31)32)17-23-11-7-9-21(14-23)15-26(3,4)24(29)30/h6-11,13-14,18H,12,15-17H2,1-5H3,(H,29,30)(H,31,32). The second-order valence-electron chi connectivity index (χ2n) is 9.94. The third kappa shape index (κ3) is 6.78. The number of benzene rings is 2. The molecule has 0 bridgehead atoms. The smallest absolute Gasteiger partial charge is 0.310 e. The summed E-state index contributed by atoms with van der Waals surface area (Å²) in [6, 6.07) is 15.3. The number of Topliss-reactive ketones (excluding diaryl/α,β-unsaturated/α-hetero) is 1. The van der Waals surface area contributed by atoms with Crippen LogP contribution in [0.1, 0.15) is 56.9 Å². The third-order valence-electron chi connectivity index (χ3n) is 6.15. The molecule has 0 saturated heterocycles. The summed E-state index contributed by atoms with van der Waals surface area (Å²) >= 11 is 0. The van der Waals surface area contributed by atoms with Gasteiger partial charge >= 0.3 is 11.9 Å². The predicted molar refractivity (Wildman–Crippen MR) is 125 cm³/mol. The Kier molecular flexibility index (Phi) is 8.00. The average molecular weight is 439 g/mol. The van der Waals surface area contributed by atoms with Crippen molar-refractivity contribution in [2.45, 2.75) is 60.3 Å². The maximum Gasteiger partial charge on any atom is 0.310 e. The molecule has 2 rings (SSSR count). The molecule has 32 heavy (non-hydrogen) atoms. The van der Waals surface area contributed by atoms with Crippen LogP contribution < -0.4 is 0 Å². The van der Waals surface area contributed by atoms with Crippen molar-refractivity contribution in [3.8, 4) is 0 Å². The van der Waals surface area contributed by atoms with E-state index in [-0.39, 0.29) is 11.7 Å². The Hall–Kier alpha value is -2.95. The molecule has 2 N–H and O–H groups in total. The van der Waals surface area contributed by atoms with Crippen molar-refractivity contribution < 1.29 is 24.6 Å². The summed E-state index contributed by atoms with van der Waals surface area (Å²) in [4.78, 5) is 35.3. The van der Waals surface area contributed by atoms with Crippen LogP contribution in [-0.2, 0) is 40.1 Å². The van der Waals surface area contributed by atoms with Gasteiger partial charge in [-0.3, -0.25) is 14.4 Å². The number of rotatable bonds is 11.